The van der Waals surface area contributed by atoms with Gasteiger partial charge in [0.25, 0.3) is 7.82 Å². The number of hydrogen-bond acceptors (Lipinski definition) is 6. The highest BCUT2D eigenvalue weighted by molar-refractivity contribution is 7.45. The number of hydrogen-bond donors (Lipinski definition) is 2. The molecule has 0 aliphatic heterocycles. The van der Waals surface area contributed by atoms with Crippen molar-refractivity contribution in [2.75, 3.05) is 40.9 Å². The molecule has 0 saturated heterocycles. The van der Waals surface area contributed by atoms with Crippen molar-refractivity contribution < 1.29 is 32.9 Å². The summed E-state index contributed by atoms with van der Waals surface area (Å²) in [5.41, 5.74) is 0. The van der Waals surface area contributed by atoms with E-state index >= 15 is 0 Å². The Hall–Kier alpha value is -0.760. The van der Waals surface area contributed by atoms with Crippen LogP contribution in [0.4, 0.5) is 0 Å². The van der Waals surface area contributed by atoms with E-state index in [1.54, 1.807) is 6.08 Å². The molecule has 54 heavy (non-hydrogen) atoms. The first-order chi connectivity index (χ1) is 26.0. The predicted molar refractivity (Wildman–Crippen MR) is 229 cm³/mol. The molecule has 0 aromatic heterocycles. The number of rotatable bonds is 42. The lowest BCUT2D eigenvalue weighted by molar-refractivity contribution is -0.870. The topological polar surface area (TPSA) is 108 Å². The van der Waals surface area contributed by atoms with E-state index < -0.39 is 20.0 Å². The van der Waals surface area contributed by atoms with Gasteiger partial charge in [-0.1, -0.05) is 206 Å². The molecular formula is C45H91N2O6P. The first kappa shape index (κ1) is 53.2. The number of carbonyl (C=O) groups is 1. The van der Waals surface area contributed by atoms with Crippen molar-refractivity contribution in [2.24, 2.45) is 0 Å². The Bertz CT molecular complexity index is 896. The van der Waals surface area contributed by atoms with Crippen LogP contribution in [0.3, 0.4) is 0 Å². The molecule has 0 bridgehead atoms. The first-order valence-corrected chi connectivity index (χ1v) is 24.5. The SMILES string of the molecule is CCCCCCCC/C=C/C(O)C(COP(=O)([O-])OCC[N+](C)(C)C)NC(=O)CCCCCCCCCCCCCCCCCCCCCCCCCC. The summed E-state index contributed by atoms with van der Waals surface area (Å²) >= 11 is 0. The van der Waals surface area contributed by atoms with E-state index in [0.29, 0.717) is 17.4 Å². The zero-order valence-corrected chi connectivity index (χ0v) is 37.3. The van der Waals surface area contributed by atoms with Gasteiger partial charge in [-0.05, 0) is 19.3 Å². The number of aliphatic hydroxyl groups is 1. The van der Waals surface area contributed by atoms with Crippen LogP contribution in [0.2, 0.25) is 0 Å². The van der Waals surface area contributed by atoms with E-state index in [4.69, 9.17) is 9.05 Å². The van der Waals surface area contributed by atoms with Gasteiger partial charge < -0.3 is 28.8 Å². The van der Waals surface area contributed by atoms with Gasteiger partial charge in [0, 0.05) is 6.42 Å². The predicted octanol–water partition coefficient (Wildman–Crippen LogP) is 12.1. The summed E-state index contributed by atoms with van der Waals surface area (Å²) in [5, 5.41) is 13.7. The summed E-state index contributed by atoms with van der Waals surface area (Å²) < 4.78 is 23.1. The normalized spacial score (nSPS) is 14.4. The Balaban J connectivity index is 4.08. The fraction of sp³-hybridized carbons (Fsp3) is 0.933. The maximum atomic E-state index is 12.8. The van der Waals surface area contributed by atoms with Crippen LogP contribution in [-0.4, -0.2) is 68.5 Å². The number of amides is 1. The molecule has 1 amide bonds. The van der Waals surface area contributed by atoms with Crippen molar-refractivity contribution in [2.45, 2.75) is 231 Å². The van der Waals surface area contributed by atoms with Gasteiger partial charge in [-0.25, -0.2) is 0 Å². The molecule has 3 atom stereocenters. The fourth-order valence-corrected chi connectivity index (χ4v) is 7.52. The van der Waals surface area contributed by atoms with Gasteiger partial charge in [0.2, 0.25) is 5.91 Å². The molecule has 0 aliphatic carbocycles. The summed E-state index contributed by atoms with van der Waals surface area (Å²) in [4.78, 5) is 25.2. The van der Waals surface area contributed by atoms with Crippen molar-refractivity contribution >= 4 is 13.7 Å². The highest BCUT2D eigenvalue weighted by Gasteiger charge is 2.23. The van der Waals surface area contributed by atoms with Crippen LogP contribution in [0.15, 0.2) is 12.2 Å². The Labute approximate surface area is 335 Å². The van der Waals surface area contributed by atoms with E-state index in [0.717, 1.165) is 38.5 Å². The van der Waals surface area contributed by atoms with Gasteiger partial charge in [0.05, 0.1) is 39.9 Å². The van der Waals surface area contributed by atoms with Gasteiger partial charge >= 0.3 is 0 Å². The Morgan fingerprint density at radius 3 is 1.39 bits per heavy atom. The molecule has 0 spiro atoms. The second-order valence-electron chi connectivity index (χ2n) is 17.1. The first-order valence-electron chi connectivity index (χ1n) is 23.1. The summed E-state index contributed by atoms with van der Waals surface area (Å²) in [6, 6.07) is -0.878. The van der Waals surface area contributed by atoms with E-state index in [1.165, 1.54) is 161 Å². The third-order valence-corrected chi connectivity index (χ3v) is 11.5. The largest absolute Gasteiger partial charge is 0.756 e. The van der Waals surface area contributed by atoms with Crippen LogP contribution in [0, 0.1) is 0 Å². The lowest BCUT2D eigenvalue weighted by atomic mass is 10.0. The highest BCUT2D eigenvalue weighted by Crippen LogP contribution is 2.38. The minimum atomic E-state index is -4.57. The Kier molecular flexibility index (Phi) is 37.3. The van der Waals surface area contributed by atoms with E-state index in [9.17, 15) is 19.4 Å². The molecule has 3 unspecified atom stereocenters. The van der Waals surface area contributed by atoms with Crippen molar-refractivity contribution in [1.82, 2.24) is 5.32 Å². The minimum Gasteiger partial charge on any atom is -0.756 e. The summed E-state index contributed by atoms with van der Waals surface area (Å²) in [6.07, 6.45) is 42.8. The number of carbonyl (C=O) groups excluding carboxylic acids is 1. The van der Waals surface area contributed by atoms with Gasteiger partial charge in [0.15, 0.2) is 0 Å². The average molecular weight is 787 g/mol. The number of nitrogens with one attached hydrogen (secondary N) is 1. The number of quaternary nitrogens is 1. The zero-order chi connectivity index (χ0) is 40.0. The highest BCUT2D eigenvalue weighted by atomic mass is 31.2. The maximum Gasteiger partial charge on any atom is 0.268 e. The van der Waals surface area contributed by atoms with Crippen LogP contribution >= 0.6 is 7.82 Å². The molecule has 0 rings (SSSR count). The second kappa shape index (κ2) is 37.8. The molecule has 0 radical (unpaired) electrons. The second-order valence-corrected chi connectivity index (χ2v) is 18.5. The fourth-order valence-electron chi connectivity index (χ4n) is 6.80. The molecule has 0 saturated carbocycles. The molecule has 0 aromatic rings. The monoisotopic (exact) mass is 787 g/mol. The summed E-state index contributed by atoms with van der Waals surface area (Å²) in [6.45, 7) is 4.62. The lowest BCUT2D eigenvalue weighted by Gasteiger charge is -2.29. The van der Waals surface area contributed by atoms with Gasteiger partial charge in [0.1, 0.15) is 13.2 Å². The van der Waals surface area contributed by atoms with Crippen LogP contribution in [0.25, 0.3) is 0 Å². The number of nitrogens with zero attached hydrogens (tertiary/aromatic N) is 1. The number of unbranched alkanes of at least 4 members (excludes halogenated alkanes) is 29. The van der Waals surface area contributed by atoms with Crippen LogP contribution in [-0.2, 0) is 18.4 Å². The molecular weight excluding hydrogens is 695 g/mol. The van der Waals surface area contributed by atoms with Crippen molar-refractivity contribution in [1.29, 1.82) is 0 Å². The smallest absolute Gasteiger partial charge is 0.268 e. The van der Waals surface area contributed by atoms with Crippen molar-refractivity contribution in [3.05, 3.63) is 12.2 Å². The number of phosphoric acid groups is 1. The van der Waals surface area contributed by atoms with Gasteiger partial charge in [-0.15, -0.1) is 0 Å². The van der Waals surface area contributed by atoms with E-state index in [-0.39, 0.29) is 19.1 Å². The third kappa shape index (κ3) is 39.5. The Morgan fingerprint density at radius 2 is 1.00 bits per heavy atom. The Morgan fingerprint density at radius 1 is 0.630 bits per heavy atom. The molecule has 8 nitrogen and oxygen atoms in total. The number of aliphatic hydroxyl groups excluding tert-OH is 1. The van der Waals surface area contributed by atoms with Crippen molar-refractivity contribution in [3.8, 4) is 0 Å². The molecule has 322 valence electrons. The summed E-state index contributed by atoms with van der Waals surface area (Å²) in [7, 11) is 1.27. The molecule has 0 aromatic carbocycles. The maximum absolute atomic E-state index is 12.8. The quantitative estimate of drug-likeness (QED) is 0.0276. The van der Waals surface area contributed by atoms with Crippen molar-refractivity contribution in [3.63, 3.8) is 0 Å². The third-order valence-electron chi connectivity index (χ3n) is 10.5. The van der Waals surface area contributed by atoms with Gasteiger partial charge in [-0.2, -0.15) is 0 Å². The van der Waals surface area contributed by atoms with E-state index in [1.807, 2.05) is 27.2 Å². The molecule has 0 fully saturated rings. The molecule has 0 aliphatic rings. The number of allylic oxidation sites excluding steroid dienone is 1. The van der Waals surface area contributed by atoms with Crippen LogP contribution in [0.5, 0.6) is 0 Å². The summed E-state index contributed by atoms with van der Waals surface area (Å²) in [5.74, 6) is -0.197. The number of likely N-dealkylation sites (N-methyl/N-ethyl adjacent to an activating group) is 1. The van der Waals surface area contributed by atoms with Crippen LogP contribution < -0.4 is 10.2 Å². The van der Waals surface area contributed by atoms with Gasteiger partial charge in [-0.3, -0.25) is 9.36 Å². The standard InChI is InChI=1S/C45H91N2O6P/c1-6-8-10-12-14-16-17-18-19-20-21-22-23-24-25-26-27-28-29-30-31-33-35-37-39-45(49)46-43(42-53-54(50,51)52-41-40-47(3,4)5)44(48)38-36-34-32-15-13-11-9-7-2/h36,38,43-44,48H,6-35,37,39-42H2,1-5H3,(H-,46,49,50,51)/b38-36+. The molecule has 2 N–H and O–H groups in total. The molecule has 9 heteroatoms. The van der Waals surface area contributed by atoms with E-state index in [2.05, 4.69) is 19.2 Å². The average Bonchev–Trinajstić information content (AvgIpc) is 3.12. The van der Waals surface area contributed by atoms with Crippen LogP contribution in [0.1, 0.15) is 219 Å². The lowest BCUT2D eigenvalue weighted by Crippen LogP contribution is -2.45. The zero-order valence-electron chi connectivity index (χ0n) is 36.4. The number of phosphoric ester groups is 1. The molecule has 0 heterocycles. The minimum absolute atomic E-state index is 0.00157.